The lowest BCUT2D eigenvalue weighted by atomic mass is 9.97. The number of esters is 2. The van der Waals surface area contributed by atoms with E-state index in [-0.39, 0.29) is 12.4 Å². The van der Waals surface area contributed by atoms with Gasteiger partial charge in [0.15, 0.2) is 0 Å². The summed E-state index contributed by atoms with van der Waals surface area (Å²) in [5.74, 6) is -0.956. The molecule has 0 saturated carbocycles. The van der Waals surface area contributed by atoms with Crippen molar-refractivity contribution >= 4 is 11.9 Å². The second-order valence-corrected chi connectivity index (χ2v) is 6.84. The first kappa shape index (κ1) is 21.7. The molecular weight excluding hydrogens is 292 g/mol. The van der Waals surface area contributed by atoms with Crippen LogP contribution < -0.4 is 0 Å². The van der Waals surface area contributed by atoms with E-state index in [1.165, 1.54) is 32.1 Å². The van der Waals surface area contributed by atoms with Crippen molar-refractivity contribution in [3.05, 3.63) is 11.8 Å². The average molecular weight is 326 g/mol. The Kier molecular flexibility index (Phi) is 11.4. The summed E-state index contributed by atoms with van der Waals surface area (Å²) in [6.45, 7) is 9.48. The van der Waals surface area contributed by atoms with Crippen molar-refractivity contribution in [1.82, 2.24) is 0 Å². The van der Waals surface area contributed by atoms with Gasteiger partial charge in [-0.2, -0.15) is 0 Å². The summed E-state index contributed by atoms with van der Waals surface area (Å²) in [6.07, 6.45) is 10.9. The summed E-state index contributed by atoms with van der Waals surface area (Å²) in [5, 5.41) is 0. The van der Waals surface area contributed by atoms with E-state index in [4.69, 9.17) is 9.47 Å². The molecule has 0 aromatic heterocycles. The van der Waals surface area contributed by atoms with Crippen LogP contribution in [0.5, 0.6) is 0 Å². The van der Waals surface area contributed by atoms with Crippen molar-refractivity contribution < 1.29 is 19.1 Å². The van der Waals surface area contributed by atoms with E-state index >= 15 is 0 Å². The molecule has 4 nitrogen and oxygen atoms in total. The van der Waals surface area contributed by atoms with Gasteiger partial charge in [-0.1, -0.05) is 45.4 Å². The average Bonchev–Trinajstić information content (AvgIpc) is 2.47. The first-order chi connectivity index (χ1) is 10.8. The van der Waals surface area contributed by atoms with Crippen molar-refractivity contribution in [2.45, 2.75) is 86.0 Å². The van der Waals surface area contributed by atoms with Crippen LogP contribution in [0.15, 0.2) is 11.8 Å². The van der Waals surface area contributed by atoms with Crippen molar-refractivity contribution in [2.24, 2.45) is 5.41 Å². The predicted octanol–water partition coefficient (Wildman–Crippen LogP) is 5.16. The van der Waals surface area contributed by atoms with Gasteiger partial charge >= 0.3 is 11.9 Å². The van der Waals surface area contributed by atoms with Gasteiger partial charge in [-0.05, 0) is 46.6 Å². The molecule has 0 heterocycles. The topological polar surface area (TPSA) is 52.6 Å². The van der Waals surface area contributed by atoms with Crippen molar-refractivity contribution in [3.8, 4) is 0 Å². The van der Waals surface area contributed by atoms with E-state index in [0.29, 0.717) is 0 Å². The normalized spacial score (nSPS) is 12.1. The van der Waals surface area contributed by atoms with Crippen LogP contribution in [0, 0.1) is 5.41 Å². The van der Waals surface area contributed by atoms with Gasteiger partial charge in [0.25, 0.3) is 0 Å². The Bertz CT molecular complexity index is 377. The molecule has 0 aliphatic rings. The lowest BCUT2D eigenvalue weighted by Gasteiger charge is -2.17. The fourth-order valence-corrected chi connectivity index (χ4v) is 1.96. The molecule has 0 spiro atoms. The molecule has 0 aromatic rings. The molecule has 0 aromatic carbocycles. The lowest BCUT2D eigenvalue weighted by Crippen LogP contribution is -2.25. The molecule has 0 N–H and O–H groups in total. The highest BCUT2D eigenvalue weighted by Crippen LogP contribution is 2.19. The summed E-state index contributed by atoms with van der Waals surface area (Å²) in [7, 11) is 0. The van der Waals surface area contributed by atoms with E-state index < -0.39 is 17.4 Å². The number of rotatable bonds is 11. The maximum Gasteiger partial charge on any atom is 0.374 e. The zero-order valence-corrected chi connectivity index (χ0v) is 15.6. The molecule has 0 amide bonds. The minimum Gasteiger partial charge on any atom is -0.460 e. The largest absolute Gasteiger partial charge is 0.460 e. The molecule has 0 fully saturated rings. The zero-order chi connectivity index (χ0) is 17.7. The molecule has 0 aliphatic carbocycles. The first-order valence-corrected chi connectivity index (χ1v) is 8.92. The Balaban J connectivity index is 4.34. The molecule has 0 radical (unpaired) electrons. The molecule has 0 unspecified atom stereocenters. The number of hydrogen-bond acceptors (Lipinski definition) is 4. The maximum absolute atomic E-state index is 11.9. The summed E-state index contributed by atoms with van der Waals surface area (Å²) in [6, 6.07) is 0. The quantitative estimate of drug-likeness (QED) is 0.228. The van der Waals surface area contributed by atoms with E-state index in [1.54, 1.807) is 33.8 Å². The molecular formula is C19H34O4. The Labute approximate surface area is 141 Å². The summed E-state index contributed by atoms with van der Waals surface area (Å²) >= 11 is 0. The van der Waals surface area contributed by atoms with Gasteiger partial charge in [0.1, 0.15) is 0 Å². The van der Waals surface area contributed by atoms with Crippen LogP contribution in [-0.4, -0.2) is 18.5 Å². The monoisotopic (exact) mass is 326 g/mol. The third-order valence-corrected chi connectivity index (χ3v) is 3.43. The van der Waals surface area contributed by atoms with Crippen LogP contribution in [0.1, 0.15) is 86.0 Å². The van der Waals surface area contributed by atoms with Crippen LogP contribution in [0.3, 0.4) is 0 Å². The molecule has 23 heavy (non-hydrogen) atoms. The number of carbonyl (C=O) groups excluding carboxylic acids is 2. The van der Waals surface area contributed by atoms with Crippen molar-refractivity contribution in [3.63, 3.8) is 0 Å². The van der Waals surface area contributed by atoms with Gasteiger partial charge in [0, 0.05) is 0 Å². The second-order valence-electron chi connectivity index (χ2n) is 6.84. The highest BCUT2D eigenvalue weighted by Gasteiger charge is 2.26. The van der Waals surface area contributed by atoms with Crippen LogP contribution in [0.25, 0.3) is 0 Å². The molecule has 0 bridgehead atoms. The van der Waals surface area contributed by atoms with Gasteiger partial charge in [0.2, 0.25) is 5.76 Å². The van der Waals surface area contributed by atoms with Crippen LogP contribution in [-0.2, 0) is 19.1 Å². The van der Waals surface area contributed by atoms with Gasteiger partial charge < -0.3 is 9.47 Å². The van der Waals surface area contributed by atoms with Crippen LogP contribution in [0.2, 0.25) is 0 Å². The standard InChI is InChI=1S/C19H34O4/c1-6-8-9-10-11-12-13-14-15-16(17(20)22-7-2)23-18(21)19(3,4)5/h15H,6-14H2,1-5H3/b16-15+. The predicted molar refractivity (Wildman–Crippen MR) is 92.9 cm³/mol. The minimum atomic E-state index is -0.648. The molecule has 0 rings (SSSR count). The second kappa shape index (κ2) is 12.1. The lowest BCUT2D eigenvalue weighted by molar-refractivity contribution is -0.156. The fraction of sp³-hybridized carbons (Fsp3) is 0.789. The molecule has 134 valence electrons. The van der Waals surface area contributed by atoms with Gasteiger partial charge in [0.05, 0.1) is 12.0 Å². The SMILES string of the molecule is CCCCCCCCC/C=C(/OC(=O)C(C)(C)C)C(=O)OCC. The highest BCUT2D eigenvalue weighted by atomic mass is 16.6. The number of unbranched alkanes of at least 4 members (excludes halogenated alkanes) is 7. The van der Waals surface area contributed by atoms with Gasteiger partial charge in [-0.3, -0.25) is 4.79 Å². The van der Waals surface area contributed by atoms with Crippen molar-refractivity contribution in [2.75, 3.05) is 6.61 Å². The van der Waals surface area contributed by atoms with Crippen LogP contribution >= 0.6 is 0 Å². The Morgan fingerprint density at radius 2 is 1.48 bits per heavy atom. The van der Waals surface area contributed by atoms with E-state index in [9.17, 15) is 9.59 Å². The van der Waals surface area contributed by atoms with Crippen LogP contribution in [0.4, 0.5) is 0 Å². The summed E-state index contributed by atoms with van der Waals surface area (Å²) < 4.78 is 10.2. The van der Waals surface area contributed by atoms with Gasteiger partial charge in [-0.25, -0.2) is 4.79 Å². The highest BCUT2D eigenvalue weighted by molar-refractivity contribution is 5.90. The van der Waals surface area contributed by atoms with E-state index in [1.807, 2.05) is 0 Å². The number of carbonyl (C=O) groups is 2. The Morgan fingerprint density at radius 1 is 0.913 bits per heavy atom. The Hall–Kier alpha value is -1.32. The molecule has 0 saturated heterocycles. The first-order valence-electron chi connectivity index (χ1n) is 8.92. The smallest absolute Gasteiger partial charge is 0.374 e. The molecule has 4 heteroatoms. The summed E-state index contributed by atoms with van der Waals surface area (Å²) in [5.41, 5.74) is -0.648. The zero-order valence-electron chi connectivity index (χ0n) is 15.6. The van der Waals surface area contributed by atoms with Gasteiger partial charge in [-0.15, -0.1) is 0 Å². The molecule has 0 atom stereocenters. The third kappa shape index (κ3) is 10.9. The fourth-order valence-electron chi connectivity index (χ4n) is 1.96. The van der Waals surface area contributed by atoms with Crippen molar-refractivity contribution in [1.29, 1.82) is 0 Å². The minimum absolute atomic E-state index is 0.0257. The number of ether oxygens (including phenoxy) is 2. The Morgan fingerprint density at radius 3 is 2.00 bits per heavy atom. The van der Waals surface area contributed by atoms with E-state index in [2.05, 4.69) is 6.92 Å². The maximum atomic E-state index is 11.9. The third-order valence-electron chi connectivity index (χ3n) is 3.43. The number of hydrogen-bond donors (Lipinski definition) is 0. The number of allylic oxidation sites excluding steroid dienone is 1. The van der Waals surface area contributed by atoms with E-state index in [0.717, 1.165) is 19.3 Å². The molecule has 0 aliphatic heterocycles. The summed E-state index contributed by atoms with van der Waals surface area (Å²) in [4.78, 5) is 23.8.